The summed E-state index contributed by atoms with van der Waals surface area (Å²) in [5.41, 5.74) is 12.8. The molecule has 2 aromatic heterocycles. The highest BCUT2D eigenvalue weighted by atomic mass is 15.1. The zero-order chi connectivity index (χ0) is 33.7. The molecule has 0 saturated heterocycles. The molecule has 240 valence electrons. The van der Waals surface area contributed by atoms with Gasteiger partial charge in [-0.05, 0) is 90.0 Å². The number of hydrogen-bond donors (Lipinski definition) is 0. The predicted molar refractivity (Wildman–Crippen MR) is 215 cm³/mol. The third kappa shape index (κ3) is 4.67. The Balaban J connectivity index is 1.31. The monoisotopic (exact) mass is 651 g/mol. The second kappa shape index (κ2) is 11.9. The van der Waals surface area contributed by atoms with Crippen LogP contribution in [0.1, 0.15) is 0 Å². The Bertz CT molecular complexity index is 2780. The zero-order valence-electron chi connectivity index (χ0n) is 27.9. The maximum atomic E-state index is 2.47. The van der Waals surface area contributed by atoms with Crippen molar-refractivity contribution in [1.29, 1.82) is 0 Å². The summed E-state index contributed by atoms with van der Waals surface area (Å²) in [5, 5.41) is 4.99. The molecular formula is C48H33N3. The average Bonchev–Trinajstić information content (AvgIpc) is 3.73. The Morgan fingerprint density at radius 3 is 1.33 bits per heavy atom. The number of nitrogens with zero attached hydrogens (tertiary/aromatic N) is 3. The van der Waals surface area contributed by atoms with E-state index in [0.29, 0.717) is 0 Å². The lowest BCUT2D eigenvalue weighted by Gasteiger charge is -2.25. The topological polar surface area (TPSA) is 13.1 Å². The summed E-state index contributed by atoms with van der Waals surface area (Å²) in [7, 11) is 0. The summed E-state index contributed by atoms with van der Waals surface area (Å²) >= 11 is 0. The summed E-state index contributed by atoms with van der Waals surface area (Å²) in [4.78, 5) is 2.32. The number of benzene rings is 8. The fraction of sp³-hybridized carbons (Fsp3) is 0. The molecule has 0 fully saturated rings. The molecule has 0 aliphatic heterocycles. The van der Waals surface area contributed by atoms with Crippen molar-refractivity contribution in [1.82, 2.24) is 9.13 Å². The van der Waals surface area contributed by atoms with Crippen molar-refractivity contribution in [2.45, 2.75) is 0 Å². The Morgan fingerprint density at radius 2 is 0.765 bits per heavy atom. The largest absolute Gasteiger partial charge is 0.311 e. The third-order valence-electron chi connectivity index (χ3n) is 10.1. The smallest absolute Gasteiger partial charge is 0.0647 e. The van der Waals surface area contributed by atoms with Crippen molar-refractivity contribution in [3.8, 4) is 22.5 Å². The Morgan fingerprint density at radius 1 is 0.333 bits per heavy atom. The van der Waals surface area contributed by atoms with E-state index in [1.165, 1.54) is 54.7 Å². The van der Waals surface area contributed by atoms with Crippen molar-refractivity contribution in [2.24, 2.45) is 0 Å². The Hall–Kier alpha value is -6.84. The normalized spacial score (nSPS) is 11.5. The zero-order valence-corrected chi connectivity index (χ0v) is 27.9. The van der Waals surface area contributed by atoms with Crippen LogP contribution in [0.25, 0.3) is 66.1 Å². The number of aromatic nitrogens is 2. The minimum absolute atomic E-state index is 1.11. The molecule has 0 saturated carbocycles. The number of rotatable bonds is 6. The minimum Gasteiger partial charge on any atom is -0.311 e. The van der Waals surface area contributed by atoms with Gasteiger partial charge in [-0.25, -0.2) is 0 Å². The lowest BCUT2D eigenvalue weighted by atomic mass is 9.96. The summed E-state index contributed by atoms with van der Waals surface area (Å²) < 4.78 is 4.90. The van der Waals surface area contributed by atoms with Crippen molar-refractivity contribution in [3.63, 3.8) is 0 Å². The first-order chi connectivity index (χ1) is 25.3. The van der Waals surface area contributed by atoms with E-state index in [2.05, 4.69) is 214 Å². The Kier molecular flexibility index (Phi) is 6.81. The average molecular weight is 652 g/mol. The molecule has 3 nitrogen and oxygen atoms in total. The molecule has 0 bridgehead atoms. The van der Waals surface area contributed by atoms with E-state index >= 15 is 0 Å². The van der Waals surface area contributed by atoms with E-state index in [4.69, 9.17) is 0 Å². The molecule has 0 amide bonds. The molecule has 0 unspecified atom stereocenters. The van der Waals surface area contributed by atoms with Gasteiger partial charge in [0.1, 0.15) is 0 Å². The molecule has 0 aliphatic carbocycles. The van der Waals surface area contributed by atoms with E-state index in [1.54, 1.807) is 0 Å². The van der Waals surface area contributed by atoms with Gasteiger partial charge in [0.2, 0.25) is 0 Å². The van der Waals surface area contributed by atoms with Crippen LogP contribution in [0, 0.1) is 0 Å². The first-order valence-corrected chi connectivity index (χ1v) is 17.5. The molecule has 8 aromatic carbocycles. The molecular weight excluding hydrogens is 619 g/mol. The van der Waals surface area contributed by atoms with Gasteiger partial charge in [-0.15, -0.1) is 0 Å². The van der Waals surface area contributed by atoms with E-state index in [-0.39, 0.29) is 0 Å². The number of para-hydroxylation sites is 6. The van der Waals surface area contributed by atoms with Crippen LogP contribution < -0.4 is 4.90 Å². The van der Waals surface area contributed by atoms with Crippen molar-refractivity contribution >= 4 is 60.7 Å². The van der Waals surface area contributed by atoms with Crippen LogP contribution in [0.15, 0.2) is 200 Å². The fourth-order valence-electron chi connectivity index (χ4n) is 7.92. The molecule has 0 aliphatic rings. The lowest BCUT2D eigenvalue weighted by Crippen LogP contribution is -2.09. The van der Waals surface area contributed by atoms with Gasteiger partial charge in [0.25, 0.3) is 0 Å². The molecule has 51 heavy (non-hydrogen) atoms. The van der Waals surface area contributed by atoms with Gasteiger partial charge < -0.3 is 14.0 Å². The molecule has 10 rings (SSSR count). The van der Waals surface area contributed by atoms with Crippen molar-refractivity contribution < 1.29 is 0 Å². The summed E-state index contributed by atoms with van der Waals surface area (Å²) in [6.07, 6.45) is 0. The van der Waals surface area contributed by atoms with E-state index in [1.807, 2.05) is 0 Å². The molecule has 0 atom stereocenters. The van der Waals surface area contributed by atoms with E-state index in [0.717, 1.165) is 28.4 Å². The van der Waals surface area contributed by atoms with E-state index < -0.39 is 0 Å². The molecule has 10 aromatic rings. The van der Waals surface area contributed by atoms with Gasteiger partial charge in [-0.3, -0.25) is 0 Å². The second-order valence-corrected chi connectivity index (χ2v) is 13.0. The highest BCUT2D eigenvalue weighted by molar-refractivity contribution is 6.29. The van der Waals surface area contributed by atoms with Gasteiger partial charge in [0.15, 0.2) is 0 Å². The number of hydrogen-bond acceptors (Lipinski definition) is 1. The maximum Gasteiger partial charge on any atom is 0.0647 e. The fourth-order valence-corrected chi connectivity index (χ4v) is 7.92. The van der Waals surface area contributed by atoms with E-state index in [9.17, 15) is 0 Å². The maximum absolute atomic E-state index is 2.47. The Labute approximate surface area is 296 Å². The van der Waals surface area contributed by atoms with Gasteiger partial charge in [0.05, 0.1) is 22.1 Å². The van der Waals surface area contributed by atoms with Gasteiger partial charge in [0, 0.05) is 50.0 Å². The number of anilines is 3. The first-order valence-electron chi connectivity index (χ1n) is 17.5. The SMILES string of the molecule is c1ccc(N(c2ccccc2)c2ccc(-c3cc4c(c5ccccc5n4-c4ccccc4)c4c3c3ccccc3n4-c3ccccc3)cc2)cc1. The summed E-state index contributed by atoms with van der Waals surface area (Å²) in [6.45, 7) is 0. The van der Waals surface area contributed by atoms with Crippen LogP contribution in [0.4, 0.5) is 17.1 Å². The third-order valence-corrected chi connectivity index (χ3v) is 10.1. The van der Waals surface area contributed by atoms with Gasteiger partial charge in [-0.2, -0.15) is 0 Å². The van der Waals surface area contributed by atoms with Crippen LogP contribution in [-0.4, -0.2) is 9.13 Å². The van der Waals surface area contributed by atoms with Crippen LogP contribution in [0.2, 0.25) is 0 Å². The molecule has 0 spiro atoms. The van der Waals surface area contributed by atoms with Crippen LogP contribution in [0.5, 0.6) is 0 Å². The first kappa shape index (κ1) is 29.1. The van der Waals surface area contributed by atoms with Crippen molar-refractivity contribution in [2.75, 3.05) is 4.90 Å². The quantitative estimate of drug-likeness (QED) is 0.174. The molecule has 2 heterocycles. The van der Waals surface area contributed by atoms with Gasteiger partial charge >= 0.3 is 0 Å². The minimum atomic E-state index is 1.11. The number of fused-ring (bicyclic) bond motifs is 7. The van der Waals surface area contributed by atoms with Crippen LogP contribution in [0.3, 0.4) is 0 Å². The van der Waals surface area contributed by atoms with Crippen LogP contribution in [-0.2, 0) is 0 Å². The standard InChI is InChI=1S/C48H33N3/c1-5-17-35(18-6-1)49(36-19-7-2-8-20-36)39-31-29-34(30-32-39)42-33-45-47(41-26-14-15-27-43(41)50(45)37-21-9-3-10-22-37)48-46(42)40-25-13-16-28-44(40)51(48)38-23-11-4-12-24-38/h1-33H. The van der Waals surface area contributed by atoms with Crippen LogP contribution >= 0.6 is 0 Å². The van der Waals surface area contributed by atoms with Crippen molar-refractivity contribution in [3.05, 3.63) is 200 Å². The second-order valence-electron chi connectivity index (χ2n) is 13.0. The molecule has 0 N–H and O–H groups in total. The summed E-state index contributed by atoms with van der Waals surface area (Å²) in [6, 6.07) is 72.0. The van der Waals surface area contributed by atoms with Gasteiger partial charge in [-0.1, -0.05) is 121 Å². The molecule has 0 radical (unpaired) electrons. The molecule has 3 heteroatoms. The summed E-state index contributed by atoms with van der Waals surface area (Å²) in [5.74, 6) is 0. The highest BCUT2D eigenvalue weighted by Gasteiger charge is 2.24. The highest BCUT2D eigenvalue weighted by Crippen LogP contribution is 2.47. The lowest BCUT2D eigenvalue weighted by molar-refractivity contribution is 1.17. The predicted octanol–water partition coefficient (Wildman–Crippen LogP) is 13.0.